The van der Waals surface area contributed by atoms with Crippen molar-refractivity contribution < 1.29 is 4.74 Å². The van der Waals surface area contributed by atoms with Crippen LogP contribution in [-0.2, 0) is 6.42 Å². The Hall–Kier alpha value is -1.94. The van der Waals surface area contributed by atoms with Crippen molar-refractivity contribution in [2.24, 2.45) is 5.92 Å². The van der Waals surface area contributed by atoms with Gasteiger partial charge in [0.1, 0.15) is 5.75 Å². The average molecular weight is 283 g/mol. The molecule has 4 heteroatoms. The van der Waals surface area contributed by atoms with E-state index < -0.39 is 0 Å². The number of aromatic nitrogens is 2. The molecule has 0 amide bonds. The number of hydrogen-bond donors (Lipinski definition) is 1. The summed E-state index contributed by atoms with van der Waals surface area (Å²) >= 11 is 0. The molecule has 4 nitrogen and oxygen atoms in total. The summed E-state index contributed by atoms with van der Waals surface area (Å²) in [5.41, 5.74) is 2.28. The topological polar surface area (TPSA) is 47.0 Å². The number of nitrogens with zero attached hydrogens (tertiary/aromatic N) is 2. The van der Waals surface area contributed by atoms with E-state index in [1.165, 1.54) is 5.56 Å². The van der Waals surface area contributed by atoms with Crippen molar-refractivity contribution in [3.8, 4) is 5.75 Å². The third-order valence-electron chi connectivity index (χ3n) is 3.90. The fraction of sp³-hybridized carbons (Fsp3) is 0.412. The minimum absolute atomic E-state index is 0.187. The van der Waals surface area contributed by atoms with Crippen LogP contribution in [0.1, 0.15) is 30.6 Å². The lowest BCUT2D eigenvalue weighted by Crippen LogP contribution is -2.36. The Kier molecular flexibility index (Phi) is 4.46. The fourth-order valence-electron chi connectivity index (χ4n) is 2.85. The third-order valence-corrected chi connectivity index (χ3v) is 3.90. The molecule has 0 radical (unpaired) electrons. The molecule has 2 atom stereocenters. The van der Waals surface area contributed by atoms with Gasteiger partial charge < -0.3 is 10.1 Å². The summed E-state index contributed by atoms with van der Waals surface area (Å²) < 4.78 is 5.93. The predicted octanol–water partition coefficient (Wildman–Crippen LogP) is 2.77. The lowest BCUT2D eigenvalue weighted by molar-refractivity contribution is 0.182. The molecule has 2 aromatic rings. The van der Waals surface area contributed by atoms with E-state index in [0.29, 0.717) is 5.92 Å². The van der Waals surface area contributed by atoms with Crippen LogP contribution >= 0.6 is 0 Å². The summed E-state index contributed by atoms with van der Waals surface area (Å²) in [7, 11) is 0. The van der Waals surface area contributed by atoms with Crippen LogP contribution in [0.25, 0.3) is 0 Å². The summed E-state index contributed by atoms with van der Waals surface area (Å²) in [6.45, 7) is 3.86. The van der Waals surface area contributed by atoms with Gasteiger partial charge in [0, 0.05) is 24.5 Å². The van der Waals surface area contributed by atoms with Crippen LogP contribution in [0.4, 0.5) is 0 Å². The molecule has 0 aliphatic carbocycles. The van der Waals surface area contributed by atoms with Gasteiger partial charge in [0.2, 0.25) is 0 Å². The maximum atomic E-state index is 5.93. The first-order valence-electron chi connectivity index (χ1n) is 7.58. The molecular formula is C17H21N3O. The van der Waals surface area contributed by atoms with Gasteiger partial charge in [-0.3, -0.25) is 9.97 Å². The average Bonchev–Trinajstić information content (AvgIpc) is 2.56. The van der Waals surface area contributed by atoms with E-state index in [1.807, 2.05) is 18.3 Å². The molecule has 110 valence electrons. The van der Waals surface area contributed by atoms with Crippen molar-refractivity contribution >= 4 is 0 Å². The van der Waals surface area contributed by atoms with E-state index in [9.17, 15) is 0 Å². The first-order valence-corrected chi connectivity index (χ1v) is 7.58. The standard InChI is InChI=1S/C17H21N3O/c1-2-7-20-17(15-11-18-8-9-19-15)14-10-13-5-3-4-6-16(13)21-12-14/h3-6,8-9,11,14,17,20H,2,7,10,12H2,1H3. The van der Waals surface area contributed by atoms with Gasteiger partial charge in [0.05, 0.1) is 18.3 Å². The predicted molar refractivity (Wildman–Crippen MR) is 82.2 cm³/mol. The molecule has 21 heavy (non-hydrogen) atoms. The fourth-order valence-corrected chi connectivity index (χ4v) is 2.85. The van der Waals surface area contributed by atoms with Crippen molar-refractivity contribution in [2.45, 2.75) is 25.8 Å². The highest BCUT2D eigenvalue weighted by Gasteiger charge is 2.29. The second kappa shape index (κ2) is 6.68. The zero-order valence-electron chi connectivity index (χ0n) is 12.3. The highest BCUT2D eigenvalue weighted by molar-refractivity contribution is 5.35. The quantitative estimate of drug-likeness (QED) is 0.916. The molecule has 0 saturated carbocycles. The van der Waals surface area contributed by atoms with E-state index in [-0.39, 0.29) is 6.04 Å². The summed E-state index contributed by atoms with van der Waals surface area (Å²) in [6, 6.07) is 8.47. The number of ether oxygens (including phenoxy) is 1. The Morgan fingerprint density at radius 1 is 1.33 bits per heavy atom. The zero-order valence-corrected chi connectivity index (χ0v) is 12.3. The molecule has 0 bridgehead atoms. The molecular weight excluding hydrogens is 262 g/mol. The second-order valence-electron chi connectivity index (χ2n) is 5.45. The molecule has 1 aromatic carbocycles. The van der Waals surface area contributed by atoms with Crippen LogP contribution in [0.3, 0.4) is 0 Å². The highest BCUT2D eigenvalue weighted by Crippen LogP contribution is 2.32. The van der Waals surface area contributed by atoms with Gasteiger partial charge >= 0.3 is 0 Å². The van der Waals surface area contributed by atoms with Crippen LogP contribution in [0.5, 0.6) is 5.75 Å². The minimum atomic E-state index is 0.187. The summed E-state index contributed by atoms with van der Waals surface area (Å²) in [4.78, 5) is 8.69. The van der Waals surface area contributed by atoms with Crippen LogP contribution in [-0.4, -0.2) is 23.1 Å². The van der Waals surface area contributed by atoms with E-state index in [4.69, 9.17) is 4.74 Å². The van der Waals surface area contributed by atoms with Crippen LogP contribution < -0.4 is 10.1 Å². The van der Waals surface area contributed by atoms with Crippen molar-refractivity contribution in [3.05, 3.63) is 54.1 Å². The van der Waals surface area contributed by atoms with E-state index in [0.717, 1.165) is 37.4 Å². The Balaban J connectivity index is 1.81. The van der Waals surface area contributed by atoms with E-state index in [2.05, 4.69) is 34.3 Å². The number of benzene rings is 1. The lowest BCUT2D eigenvalue weighted by atomic mass is 9.88. The van der Waals surface area contributed by atoms with Crippen LogP contribution in [0, 0.1) is 5.92 Å². The maximum absolute atomic E-state index is 5.93. The molecule has 1 N–H and O–H groups in total. The van der Waals surface area contributed by atoms with Gasteiger partial charge in [0.15, 0.2) is 0 Å². The number of nitrogens with one attached hydrogen (secondary N) is 1. The van der Waals surface area contributed by atoms with Gasteiger partial charge in [-0.1, -0.05) is 25.1 Å². The summed E-state index contributed by atoms with van der Waals surface area (Å²) in [5.74, 6) is 1.39. The van der Waals surface area contributed by atoms with E-state index >= 15 is 0 Å². The molecule has 1 aliphatic rings. The van der Waals surface area contributed by atoms with Crippen molar-refractivity contribution in [3.63, 3.8) is 0 Å². The van der Waals surface area contributed by atoms with Gasteiger partial charge in [-0.25, -0.2) is 0 Å². The molecule has 2 unspecified atom stereocenters. The Morgan fingerprint density at radius 3 is 3.05 bits per heavy atom. The zero-order chi connectivity index (χ0) is 14.5. The van der Waals surface area contributed by atoms with Crippen molar-refractivity contribution in [2.75, 3.05) is 13.2 Å². The van der Waals surface area contributed by atoms with Gasteiger partial charge in [-0.05, 0) is 31.0 Å². The molecule has 1 aromatic heterocycles. The van der Waals surface area contributed by atoms with Gasteiger partial charge in [0.25, 0.3) is 0 Å². The SMILES string of the molecule is CCCNC(c1cnccn1)C1COc2ccccc2C1. The molecule has 3 rings (SSSR count). The lowest BCUT2D eigenvalue weighted by Gasteiger charge is -2.31. The highest BCUT2D eigenvalue weighted by atomic mass is 16.5. The first kappa shape index (κ1) is 14.0. The Labute approximate surface area is 125 Å². The largest absolute Gasteiger partial charge is 0.493 e. The number of fused-ring (bicyclic) bond motifs is 1. The van der Waals surface area contributed by atoms with Crippen LogP contribution in [0.2, 0.25) is 0 Å². The second-order valence-corrected chi connectivity index (χ2v) is 5.45. The molecule has 0 saturated heterocycles. The maximum Gasteiger partial charge on any atom is 0.122 e. The Bertz CT molecular complexity index is 573. The van der Waals surface area contributed by atoms with Crippen molar-refractivity contribution in [1.29, 1.82) is 0 Å². The minimum Gasteiger partial charge on any atom is -0.493 e. The summed E-state index contributed by atoms with van der Waals surface area (Å²) in [5, 5.41) is 3.60. The third kappa shape index (κ3) is 3.22. The summed E-state index contributed by atoms with van der Waals surface area (Å²) in [6.07, 6.45) is 7.43. The normalized spacial score (nSPS) is 18.6. The van der Waals surface area contributed by atoms with Crippen LogP contribution in [0.15, 0.2) is 42.9 Å². The van der Waals surface area contributed by atoms with E-state index in [1.54, 1.807) is 12.4 Å². The monoisotopic (exact) mass is 283 g/mol. The molecule has 0 spiro atoms. The number of para-hydroxylation sites is 1. The first-order chi connectivity index (χ1) is 10.4. The molecule has 1 aliphatic heterocycles. The number of hydrogen-bond acceptors (Lipinski definition) is 4. The van der Waals surface area contributed by atoms with Gasteiger partial charge in [-0.15, -0.1) is 0 Å². The Morgan fingerprint density at radius 2 is 2.24 bits per heavy atom. The smallest absolute Gasteiger partial charge is 0.122 e. The van der Waals surface area contributed by atoms with Crippen molar-refractivity contribution in [1.82, 2.24) is 15.3 Å². The molecule has 0 fully saturated rings. The molecule has 2 heterocycles. The number of rotatable bonds is 5. The van der Waals surface area contributed by atoms with Gasteiger partial charge in [-0.2, -0.15) is 0 Å².